The Morgan fingerprint density at radius 1 is 1.00 bits per heavy atom. The van der Waals surface area contributed by atoms with Crippen molar-refractivity contribution in [1.29, 1.82) is 0 Å². The Balaban J connectivity index is 1.23. The number of amides is 3. The maximum absolute atomic E-state index is 15.6. The number of alkyl carbamates (subject to hydrolysis) is 1. The Morgan fingerprint density at radius 2 is 1.74 bits per heavy atom. The summed E-state index contributed by atoms with van der Waals surface area (Å²) in [7, 11) is 4.00. The number of carbonyl (C=O) groups excluding carboxylic acids is 3. The summed E-state index contributed by atoms with van der Waals surface area (Å²) in [5.74, 6) is -0.378. The number of halogens is 1. The van der Waals surface area contributed by atoms with Gasteiger partial charge < -0.3 is 30.3 Å². The van der Waals surface area contributed by atoms with E-state index in [1.54, 1.807) is 54.7 Å². The van der Waals surface area contributed by atoms with Crippen molar-refractivity contribution in [3.8, 4) is 28.4 Å². The van der Waals surface area contributed by atoms with E-state index in [9.17, 15) is 14.4 Å². The Hall–Kier alpha value is -5.44. The number of carbonyl (C=O) groups is 3. The molecule has 1 fully saturated rings. The first-order valence-electron chi connectivity index (χ1n) is 18.3. The van der Waals surface area contributed by atoms with E-state index in [0.29, 0.717) is 65.6 Å². The van der Waals surface area contributed by atoms with Crippen LogP contribution in [0.3, 0.4) is 0 Å². The van der Waals surface area contributed by atoms with E-state index in [1.807, 2.05) is 34.9 Å². The number of anilines is 1. The first kappa shape index (κ1) is 39.8. The topological polar surface area (TPSA) is 176 Å². The van der Waals surface area contributed by atoms with Gasteiger partial charge in [-0.3, -0.25) is 9.59 Å². The van der Waals surface area contributed by atoms with Crippen LogP contribution in [0.2, 0.25) is 0 Å². The number of H-pyrrole nitrogens is 1. The number of benzene rings is 2. The molecule has 0 spiro atoms. The second kappa shape index (κ2) is 18.5. The Labute approximate surface area is 315 Å². The van der Waals surface area contributed by atoms with Gasteiger partial charge in [0.25, 0.3) is 0 Å². The van der Waals surface area contributed by atoms with E-state index in [1.165, 1.54) is 6.07 Å². The minimum absolute atomic E-state index is 0.0584. The van der Waals surface area contributed by atoms with Crippen LogP contribution in [-0.4, -0.2) is 93.9 Å². The third-order valence-corrected chi connectivity index (χ3v) is 9.06. The van der Waals surface area contributed by atoms with E-state index in [0.717, 1.165) is 25.8 Å². The molecule has 54 heavy (non-hydrogen) atoms. The van der Waals surface area contributed by atoms with Crippen LogP contribution < -0.4 is 20.7 Å². The van der Waals surface area contributed by atoms with Gasteiger partial charge in [0, 0.05) is 60.1 Å². The molecule has 2 aromatic heterocycles. The lowest BCUT2D eigenvalue weighted by molar-refractivity contribution is -0.130. The fraction of sp³-hybridized carbons (Fsp3) is 0.462. The van der Waals surface area contributed by atoms with Crippen LogP contribution >= 0.6 is 0 Å². The fourth-order valence-corrected chi connectivity index (χ4v) is 6.22. The molecule has 1 atom stereocenters. The molecule has 4 aromatic rings. The largest absolute Gasteiger partial charge is 0.478 e. The van der Waals surface area contributed by atoms with Crippen molar-refractivity contribution in [2.24, 2.45) is 11.8 Å². The highest BCUT2D eigenvalue weighted by Crippen LogP contribution is 2.30. The summed E-state index contributed by atoms with van der Waals surface area (Å²) < 4.78 is 26.6. The molecule has 3 amide bonds. The number of ether oxygens (including phenoxy) is 2. The van der Waals surface area contributed by atoms with Gasteiger partial charge in [0.05, 0.1) is 6.61 Å². The van der Waals surface area contributed by atoms with Crippen molar-refractivity contribution in [2.45, 2.75) is 70.9 Å². The zero-order valence-electron chi connectivity index (χ0n) is 31.5. The molecule has 288 valence electrons. The van der Waals surface area contributed by atoms with Crippen molar-refractivity contribution < 1.29 is 28.2 Å². The molecule has 1 saturated carbocycles. The van der Waals surface area contributed by atoms with Crippen LogP contribution in [0.4, 0.5) is 14.9 Å². The lowest BCUT2D eigenvalue weighted by Gasteiger charge is -2.29. The van der Waals surface area contributed by atoms with Crippen molar-refractivity contribution >= 4 is 23.6 Å². The number of rotatable bonds is 15. The van der Waals surface area contributed by atoms with Gasteiger partial charge in [-0.25, -0.2) is 14.2 Å². The number of nitrogens with zero attached hydrogens (tertiary/aromatic N) is 5. The fourth-order valence-electron chi connectivity index (χ4n) is 6.22. The molecule has 1 aliphatic carbocycles. The van der Waals surface area contributed by atoms with Crippen LogP contribution in [-0.2, 0) is 20.7 Å². The minimum Gasteiger partial charge on any atom is -0.478 e. The molecule has 1 unspecified atom stereocenters. The standard InChI is InChI=1S/C39H50FN9O5/c1-39(2,3)54-38(52)42-23-25-7-10-28(11-8-25)36(50)44-33(37(51)43-30-15-12-27(13-16-30)35-45-47-48-46-35)22-26-9-17-31(32(40)21-26)29-14-18-34(41-24-29)53-20-6-19-49(4)5/h9,12-18,21,24-25,28,33H,6-8,10-11,19-20,22-23H2,1-5H3,(H,42,52)(H,43,51)(H,44,50)(H,45,46,47,48). The molecule has 0 bridgehead atoms. The molecule has 2 heterocycles. The number of aromatic amines is 1. The average Bonchev–Trinajstić information content (AvgIpc) is 3.68. The van der Waals surface area contributed by atoms with Crippen molar-refractivity contribution in [3.05, 3.63) is 72.2 Å². The van der Waals surface area contributed by atoms with Crippen molar-refractivity contribution in [3.63, 3.8) is 0 Å². The number of hydrogen-bond acceptors (Lipinski definition) is 10. The molecule has 1 aliphatic rings. The molecule has 0 saturated heterocycles. The van der Waals surface area contributed by atoms with Gasteiger partial charge in [-0.05, 0) is 120 Å². The lowest BCUT2D eigenvalue weighted by atomic mass is 9.81. The van der Waals surface area contributed by atoms with Crippen LogP contribution in [0.25, 0.3) is 22.5 Å². The molecular weight excluding hydrogens is 693 g/mol. The number of hydrogen-bond donors (Lipinski definition) is 4. The van der Waals surface area contributed by atoms with Gasteiger partial charge in [-0.1, -0.05) is 12.1 Å². The van der Waals surface area contributed by atoms with Crippen molar-refractivity contribution in [1.82, 2.24) is 41.1 Å². The van der Waals surface area contributed by atoms with Crippen LogP contribution in [0.15, 0.2) is 60.8 Å². The monoisotopic (exact) mass is 743 g/mol. The Morgan fingerprint density at radius 3 is 2.37 bits per heavy atom. The molecule has 14 nitrogen and oxygen atoms in total. The maximum atomic E-state index is 15.6. The predicted octanol–water partition coefficient (Wildman–Crippen LogP) is 5.40. The Kier molecular flexibility index (Phi) is 13.7. The second-order valence-corrected chi connectivity index (χ2v) is 14.9. The number of pyridine rings is 1. The Bertz CT molecular complexity index is 1820. The van der Waals surface area contributed by atoms with Gasteiger partial charge >= 0.3 is 6.09 Å². The number of nitrogens with one attached hydrogen (secondary N) is 4. The quantitative estimate of drug-likeness (QED) is 0.115. The van der Waals surface area contributed by atoms with Gasteiger partial charge in [0.1, 0.15) is 17.5 Å². The van der Waals surface area contributed by atoms with Gasteiger partial charge in [0.2, 0.25) is 23.5 Å². The summed E-state index contributed by atoms with van der Waals surface area (Å²) >= 11 is 0. The molecule has 4 N–H and O–H groups in total. The van der Waals surface area contributed by atoms with Gasteiger partial charge in [-0.2, -0.15) is 5.21 Å². The third-order valence-electron chi connectivity index (χ3n) is 9.06. The average molecular weight is 744 g/mol. The highest BCUT2D eigenvalue weighted by molar-refractivity contribution is 5.97. The number of tetrazole rings is 1. The summed E-state index contributed by atoms with van der Waals surface area (Å²) in [5.41, 5.74) is 2.11. The highest BCUT2D eigenvalue weighted by atomic mass is 19.1. The first-order valence-corrected chi connectivity index (χ1v) is 18.3. The molecule has 2 aromatic carbocycles. The summed E-state index contributed by atoms with van der Waals surface area (Å²) in [4.78, 5) is 45.9. The van der Waals surface area contributed by atoms with Crippen LogP contribution in [0.5, 0.6) is 5.88 Å². The predicted molar refractivity (Wildman–Crippen MR) is 202 cm³/mol. The molecule has 0 radical (unpaired) electrons. The zero-order chi connectivity index (χ0) is 38.7. The van der Waals surface area contributed by atoms with Gasteiger partial charge in [0.15, 0.2) is 0 Å². The normalized spacial score (nSPS) is 16.4. The molecular formula is C39H50FN9O5. The van der Waals surface area contributed by atoms with E-state index >= 15 is 4.39 Å². The summed E-state index contributed by atoms with van der Waals surface area (Å²) in [6.07, 6.45) is 4.72. The van der Waals surface area contributed by atoms with Crippen molar-refractivity contribution in [2.75, 3.05) is 39.1 Å². The zero-order valence-corrected chi connectivity index (χ0v) is 31.5. The van der Waals surface area contributed by atoms with E-state index < -0.39 is 29.5 Å². The number of aromatic nitrogens is 5. The first-order chi connectivity index (χ1) is 25.8. The summed E-state index contributed by atoms with van der Waals surface area (Å²) in [6.45, 7) is 7.32. The highest BCUT2D eigenvalue weighted by Gasteiger charge is 2.30. The third kappa shape index (κ3) is 12.0. The van der Waals surface area contributed by atoms with Crippen LogP contribution in [0.1, 0.15) is 58.4 Å². The molecule has 5 rings (SSSR count). The van der Waals surface area contributed by atoms with Crippen LogP contribution in [0, 0.1) is 17.7 Å². The smallest absolute Gasteiger partial charge is 0.407 e. The molecule has 0 aliphatic heterocycles. The van der Waals surface area contributed by atoms with Gasteiger partial charge in [-0.15, -0.1) is 10.2 Å². The van der Waals surface area contributed by atoms with E-state index in [-0.39, 0.29) is 24.2 Å². The van der Waals surface area contributed by atoms with E-state index in [4.69, 9.17) is 9.47 Å². The van der Waals surface area contributed by atoms with E-state index in [2.05, 4.69) is 46.5 Å². The molecule has 15 heteroatoms. The summed E-state index contributed by atoms with van der Waals surface area (Å²) in [6, 6.07) is 14.2. The SMILES string of the molecule is CN(C)CCCOc1ccc(-c2ccc(CC(NC(=O)C3CCC(CNC(=O)OC(C)(C)C)CC3)C(=O)Nc3ccc(-c4nn[nH]n4)cc3)cc2F)cn1. The second-order valence-electron chi connectivity index (χ2n) is 14.9. The lowest BCUT2D eigenvalue weighted by Crippen LogP contribution is -2.48. The minimum atomic E-state index is -0.989. The summed E-state index contributed by atoms with van der Waals surface area (Å²) in [5, 5.41) is 22.6. The maximum Gasteiger partial charge on any atom is 0.407 e.